The molecule has 0 aromatic heterocycles. The molecule has 1 atom stereocenters. The lowest BCUT2D eigenvalue weighted by molar-refractivity contribution is -0.140. The second kappa shape index (κ2) is 7.74. The molecule has 0 saturated carbocycles. The maximum atomic E-state index is 13.7. The molecule has 1 aromatic carbocycles. The number of benzene rings is 1. The van der Waals surface area contributed by atoms with Gasteiger partial charge < -0.3 is 15.2 Å². The fourth-order valence-electron chi connectivity index (χ4n) is 1.48. The van der Waals surface area contributed by atoms with Crippen LogP contribution in [0.25, 0.3) is 0 Å². The topological polar surface area (TPSA) is 75.6 Å². The van der Waals surface area contributed by atoms with E-state index in [0.717, 1.165) is 0 Å². The molecule has 5 nitrogen and oxygen atoms in total. The Balaban J connectivity index is 2.54. The van der Waals surface area contributed by atoms with Crippen molar-refractivity contribution in [1.82, 2.24) is 5.32 Å². The summed E-state index contributed by atoms with van der Waals surface area (Å²) in [6, 6.07) is 3.54. The molecular weight excluding hydrogens is 285 g/mol. The quantitative estimate of drug-likeness (QED) is 0.801. The van der Waals surface area contributed by atoms with E-state index < -0.39 is 23.7 Å². The summed E-state index contributed by atoms with van der Waals surface area (Å²) in [5.74, 6) is -1.00. The Labute approximate surface area is 120 Å². The van der Waals surface area contributed by atoms with Crippen molar-refractivity contribution in [2.75, 3.05) is 12.9 Å². The SMILES string of the molecule is COc1ccc(CSC[C@H](NC(C)=O)C(=O)O)c(F)c1. The van der Waals surface area contributed by atoms with Gasteiger partial charge in [0.05, 0.1) is 7.11 Å². The smallest absolute Gasteiger partial charge is 0.327 e. The number of amides is 1. The first-order valence-electron chi connectivity index (χ1n) is 5.84. The summed E-state index contributed by atoms with van der Waals surface area (Å²) < 4.78 is 18.5. The molecule has 0 aliphatic rings. The van der Waals surface area contributed by atoms with Gasteiger partial charge in [-0.3, -0.25) is 4.79 Å². The van der Waals surface area contributed by atoms with Crippen molar-refractivity contribution in [3.05, 3.63) is 29.6 Å². The maximum absolute atomic E-state index is 13.7. The third-order valence-electron chi connectivity index (χ3n) is 2.48. The zero-order valence-electron chi connectivity index (χ0n) is 11.2. The van der Waals surface area contributed by atoms with Gasteiger partial charge in [0.25, 0.3) is 0 Å². The molecule has 0 aliphatic heterocycles. The molecule has 7 heteroatoms. The molecule has 0 saturated heterocycles. The molecule has 0 spiro atoms. The molecule has 2 N–H and O–H groups in total. The maximum Gasteiger partial charge on any atom is 0.327 e. The van der Waals surface area contributed by atoms with Crippen LogP contribution in [0.2, 0.25) is 0 Å². The molecule has 0 radical (unpaired) electrons. The second-order valence-corrected chi connectivity index (χ2v) is 5.09. The number of carboxylic acids is 1. The van der Waals surface area contributed by atoms with Gasteiger partial charge in [-0.1, -0.05) is 6.07 Å². The van der Waals surface area contributed by atoms with Gasteiger partial charge >= 0.3 is 5.97 Å². The average molecular weight is 301 g/mol. The van der Waals surface area contributed by atoms with Crippen LogP contribution in [0.3, 0.4) is 0 Å². The Kier molecular flexibility index (Phi) is 6.30. The Morgan fingerprint density at radius 1 is 1.50 bits per heavy atom. The van der Waals surface area contributed by atoms with E-state index in [4.69, 9.17) is 9.84 Å². The zero-order valence-corrected chi connectivity index (χ0v) is 12.0. The van der Waals surface area contributed by atoms with E-state index in [1.165, 1.54) is 31.9 Å². The number of methoxy groups -OCH3 is 1. The van der Waals surface area contributed by atoms with Crippen LogP contribution in [0.15, 0.2) is 18.2 Å². The van der Waals surface area contributed by atoms with Crippen LogP contribution < -0.4 is 10.1 Å². The Morgan fingerprint density at radius 3 is 2.70 bits per heavy atom. The number of thioether (sulfide) groups is 1. The number of carbonyl (C=O) groups excluding carboxylic acids is 1. The summed E-state index contributed by atoms with van der Waals surface area (Å²) in [5, 5.41) is 11.2. The number of nitrogens with one attached hydrogen (secondary N) is 1. The van der Waals surface area contributed by atoms with Gasteiger partial charge in [-0.15, -0.1) is 0 Å². The Morgan fingerprint density at radius 2 is 2.20 bits per heavy atom. The van der Waals surface area contributed by atoms with Crippen LogP contribution in [-0.2, 0) is 15.3 Å². The number of hydrogen-bond donors (Lipinski definition) is 2. The third kappa shape index (κ3) is 5.08. The van der Waals surface area contributed by atoms with Gasteiger partial charge in [-0.25, -0.2) is 9.18 Å². The number of carbonyl (C=O) groups is 2. The fourth-order valence-corrected chi connectivity index (χ4v) is 2.51. The van der Waals surface area contributed by atoms with Crippen LogP contribution in [0.1, 0.15) is 12.5 Å². The first-order valence-corrected chi connectivity index (χ1v) is 6.99. The molecule has 110 valence electrons. The second-order valence-electron chi connectivity index (χ2n) is 4.06. The molecule has 0 bridgehead atoms. The lowest BCUT2D eigenvalue weighted by Crippen LogP contribution is -2.41. The number of ether oxygens (including phenoxy) is 1. The van der Waals surface area contributed by atoms with Crippen molar-refractivity contribution in [1.29, 1.82) is 0 Å². The summed E-state index contributed by atoms with van der Waals surface area (Å²) in [5.41, 5.74) is 0.461. The molecule has 0 unspecified atom stereocenters. The normalized spacial score (nSPS) is 11.8. The largest absolute Gasteiger partial charge is 0.497 e. The standard InChI is InChI=1S/C13H16FNO4S/c1-8(16)15-12(13(17)18)7-20-6-9-3-4-10(19-2)5-11(9)14/h3-5,12H,6-7H2,1-2H3,(H,15,16)(H,17,18)/t12-/m0/s1. The number of halogens is 1. The number of carboxylic acid groups (broad SMARTS) is 1. The summed E-state index contributed by atoms with van der Waals surface area (Å²) in [4.78, 5) is 21.8. The molecule has 0 aliphatic carbocycles. The van der Waals surface area contributed by atoms with Crippen LogP contribution in [0.5, 0.6) is 5.75 Å². The van der Waals surface area contributed by atoms with Gasteiger partial charge in [-0.2, -0.15) is 11.8 Å². The minimum Gasteiger partial charge on any atom is -0.497 e. The van der Waals surface area contributed by atoms with E-state index in [1.54, 1.807) is 12.1 Å². The lowest BCUT2D eigenvalue weighted by Gasteiger charge is -2.13. The lowest BCUT2D eigenvalue weighted by atomic mass is 10.2. The molecule has 0 heterocycles. The first-order chi connectivity index (χ1) is 9.43. The van der Waals surface area contributed by atoms with Gasteiger partial charge in [0.15, 0.2) is 0 Å². The van der Waals surface area contributed by atoms with E-state index in [1.807, 2.05) is 0 Å². The Bertz CT molecular complexity index is 495. The Hall–Kier alpha value is -1.76. The molecule has 0 fully saturated rings. The van der Waals surface area contributed by atoms with E-state index in [2.05, 4.69) is 5.32 Å². The van der Waals surface area contributed by atoms with Gasteiger partial charge in [-0.05, 0) is 11.6 Å². The number of aliphatic carboxylic acids is 1. The molecular formula is C13H16FNO4S. The van der Waals surface area contributed by atoms with E-state index in [0.29, 0.717) is 17.1 Å². The highest BCUT2D eigenvalue weighted by Crippen LogP contribution is 2.21. The minimum atomic E-state index is -1.11. The summed E-state index contributed by atoms with van der Waals surface area (Å²) in [6.07, 6.45) is 0. The van der Waals surface area contributed by atoms with E-state index in [-0.39, 0.29) is 5.75 Å². The van der Waals surface area contributed by atoms with Crippen LogP contribution >= 0.6 is 11.8 Å². The predicted molar refractivity (Wildman–Crippen MR) is 74.4 cm³/mol. The highest BCUT2D eigenvalue weighted by molar-refractivity contribution is 7.98. The van der Waals surface area contributed by atoms with Crippen LogP contribution in [0.4, 0.5) is 4.39 Å². The van der Waals surface area contributed by atoms with Crippen molar-refractivity contribution in [3.8, 4) is 5.75 Å². The third-order valence-corrected chi connectivity index (χ3v) is 3.56. The first kappa shape index (κ1) is 16.3. The van der Waals surface area contributed by atoms with Gasteiger partial charge in [0, 0.05) is 24.5 Å². The summed E-state index contributed by atoms with van der Waals surface area (Å²) in [7, 11) is 1.45. The van der Waals surface area contributed by atoms with Crippen LogP contribution in [-0.4, -0.2) is 35.9 Å². The molecule has 1 rings (SSSR count). The van der Waals surface area contributed by atoms with E-state index >= 15 is 0 Å². The minimum absolute atomic E-state index is 0.167. The average Bonchev–Trinajstić information content (AvgIpc) is 2.38. The monoisotopic (exact) mass is 301 g/mol. The number of rotatable bonds is 7. The molecule has 1 amide bonds. The summed E-state index contributed by atoms with van der Waals surface area (Å²) >= 11 is 1.24. The zero-order chi connectivity index (χ0) is 15.1. The summed E-state index contributed by atoms with van der Waals surface area (Å²) in [6.45, 7) is 1.25. The van der Waals surface area contributed by atoms with Gasteiger partial charge in [0.1, 0.15) is 17.6 Å². The van der Waals surface area contributed by atoms with Crippen molar-refractivity contribution in [2.45, 2.75) is 18.7 Å². The van der Waals surface area contributed by atoms with Crippen LogP contribution in [0, 0.1) is 5.82 Å². The van der Waals surface area contributed by atoms with Crippen molar-refractivity contribution in [3.63, 3.8) is 0 Å². The van der Waals surface area contributed by atoms with Crippen molar-refractivity contribution in [2.24, 2.45) is 0 Å². The molecule has 1 aromatic rings. The predicted octanol–water partition coefficient (Wildman–Crippen LogP) is 1.66. The highest BCUT2D eigenvalue weighted by Gasteiger charge is 2.18. The highest BCUT2D eigenvalue weighted by atomic mass is 32.2. The van der Waals surface area contributed by atoms with E-state index in [9.17, 15) is 14.0 Å². The van der Waals surface area contributed by atoms with Crippen molar-refractivity contribution < 1.29 is 23.8 Å². The number of hydrogen-bond acceptors (Lipinski definition) is 4. The van der Waals surface area contributed by atoms with Crippen molar-refractivity contribution >= 4 is 23.6 Å². The molecule has 20 heavy (non-hydrogen) atoms. The van der Waals surface area contributed by atoms with Gasteiger partial charge in [0.2, 0.25) is 5.91 Å². The fraction of sp³-hybridized carbons (Fsp3) is 0.385.